The molecule has 2 aromatic rings. The standard InChI is InChI=1S/C16H18N2O2.ClH/c1-12(17-13-4-8-15(19-2)9-5-13)18-14-6-10-16(20-3)11-7-14;/h4-11H,1-3H3,(H,17,18);1H. The third-order valence-electron chi connectivity index (χ3n) is 2.84. The van der Waals surface area contributed by atoms with E-state index in [1.165, 1.54) is 0 Å². The number of benzene rings is 2. The Morgan fingerprint density at radius 2 is 1.33 bits per heavy atom. The maximum atomic E-state index is 5.13. The number of hydrogen-bond acceptors (Lipinski definition) is 2. The second-order valence-electron chi connectivity index (χ2n) is 4.33. The Labute approximate surface area is 131 Å². The summed E-state index contributed by atoms with van der Waals surface area (Å²) in [5.74, 6) is 2.63. The van der Waals surface area contributed by atoms with Crippen LogP contribution in [-0.4, -0.2) is 20.1 Å². The number of methoxy groups -OCH3 is 2. The largest absolute Gasteiger partial charge is 1.00 e. The van der Waals surface area contributed by atoms with Gasteiger partial charge in [-0.2, -0.15) is 0 Å². The Morgan fingerprint density at radius 3 is 1.81 bits per heavy atom. The lowest BCUT2D eigenvalue weighted by atomic mass is 10.3. The highest BCUT2D eigenvalue weighted by atomic mass is 35.5. The lowest BCUT2D eigenvalue weighted by molar-refractivity contribution is -0.354. The SMILES string of the molecule is COc1ccc(NC(C)=[NH+]c2ccc(OC)cc2)cc1.[Cl-]. The summed E-state index contributed by atoms with van der Waals surface area (Å²) in [7, 11) is 3.32. The normalized spacial score (nSPS) is 10.5. The Kier molecular flexibility index (Phi) is 6.56. The molecule has 0 aliphatic heterocycles. The smallest absolute Gasteiger partial charge is 0.249 e. The minimum atomic E-state index is 0. The molecule has 0 radical (unpaired) electrons. The average Bonchev–Trinajstić information content (AvgIpc) is 2.49. The van der Waals surface area contributed by atoms with Gasteiger partial charge in [-0.25, -0.2) is 10.3 Å². The zero-order chi connectivity index (χ0) is 14.4. The van der Waals surface area contributed by atoms with E-state index in [0.29, 0.717) is 0 Å². The molecular weight excluding hydrogens is 288 g/mol. The van der Waals surface area contributed by atoms with Crippen LogP contribution in [0.4, 0.5) is 11.4 Å². The number of hydrogen-bond donors (Lipinski definition) is 2. The van der Waals surface area contributed by atoms with Gasteiger partial charge in [-0.05, 0) is 48.5 Å². The van der Waals surface area contributed by atoms with Gasteiger partial charge in [0.25, 0.3) is 0 Å². The third-order valence-corrected chi connectivity index (χ3v) is 2.84. The highest BCUT2D eigenvalue weighted by Gasteiger charge is 2.03. The van der Waals surface area contributed by atoms with E-state index in [-0.39, 0.29) is 12.4 Å². The van der Waals surface area contributed by atoms with Gasteiger partial charge in [-0.1, -0.05) is 0 Å². The molecule has 21 heavy (non-hydrogen) atoms. The molecule has 0 amide bonds. The van der Waals surface area contributed by atoms with Crippen LogP contribution in [0.3, 0.4) is 0 Å². The van der Waals surface area contributed by atoms with Crippen molar-refractivity contribution < 1.29 is 26.9 Å². The van der Waals surface area contributed by atoms with Crippen LogP contribution in [0.15, 0.2) is 48.5 Å². The number of amidine groups is 1. The fraction of sp³-hybridized carbons (Fsp3) is 0.188. The van der Waals surface area contributed by atoms with Gasteiger partial charge < -0.3 is 21.9 Å². The summed E-state index contributed by atoms with van der Waals surface area (Å²) in [5, 5.41) is 3.29. The zero-order valence-electron chi connectivity index (χ0n) is 12.3. The van der Waals surface area contributed by atoms with Gasteiger partial charge >= 0.3 is 0 Å². The number of halogens is 1. The van der Waals surface area contributed by atoms with Crippen LogP contribution >= 0.6 is 0 Å². The number of ether oxygens (including phenoxy) is 2. The summed E-state index contributed by atoms with van der Waals surface area (Å²) in [6.07, 6.45) is 0. The first kappa shape index (κ1) is 16.9. The van der Waals surface area contributed by atoms with Crippen LogP contribution in [0.1, 0.15) is 6.92 Å². The van der Waals surface area contributed by atoms with E-state index in [2.05, 4.69) is 10.3 Å². The summed E-state index contributed by atoms with van der Waals surface area (Å²) in [5.41, 5.74) is 2.01. The van der Waals surface area contributed by atoms with Crippen molar-refractivity contribution in [2.24, 2.45) is 0 Å². The molecule has 0 aliphatic carbocycles. The maximum Gasteiger partial charge on any atom is 0.249 e. The van der Waals surface area contributed by atoms with Gasteiger partial charge in [0.1, 0.15) is 22.9 Å². The molecule has 0 saturated heterocycles. The average molecular weight is 307 g/mol. The van der Waals surface area contributed by atoms with Gasteiger partial charge in [0.15, 0.2) is 0 Å². The highest BCUT2D eigenvalue weighted by molar-refractivity contribution is 5.89. The van der Waals surface area contributed by atoms with E-state index < -0.39 is 0 Å². The van der Waals surface area contributed by atoms with Gasteiger partial charge in [0.2, 0.25) is 5.84 Å². The van der Waals surface area contributed by atoms with E-state index in [1.807, 2.05) is 55.5 Å². The molecule has 2 rings (SSSR count). The number of nitrogens with one attached hydrogen (secondary N) is 2. The topological polar surface area (TPSA) is 44.5 Å². The monoisotopic (exact) mass is 306 g/mol. The quantitative estimate of drug-likeness (QED) is 0.560. The molecule has 0 heterocycles. The van der Waals surface area contributed by atoms with Crippen molar-refractivity contribution in [2.45, 2.75) is 6.92 Å². The first-order valence-corrected chi connectivity index (χ1v) is 6.37. The van der Waals surface area contributed by atoms with Crippen molar-refractivity contribution in [3.8, 4) is 11.5 Å². The fourth-order valence-electron chi connectivity index (χ4n) is 1.81. The van der Waals surface area contributed by atoms with Crippen molar-refractivity contribution in [3.63, 3.8) is 0 Å². The molecule has 112 valence electrons. The van der Waals surface area contributed by atoms with Crippen molar-refractivity contribution in [1.29, 1.82) is 0 Å². The molecule has 0 aromatic heterocycles. The van der Waals surface area contributed by atoms with Crippen LogP contribution in [-0.2, 0) is 0 Å². The molecule has 0 spiro atoms. The Morgan fingerprint density at radius 1 is 0.857 bits per heavy atom. The minimum Gasteiger partial charge on any atom is -1.00 e. The van der Waals surface area contributed by atoms with Crippen molar-refractivity contribution in [1.82, 2.24) is 0 Å². The second kappa shape index (κ2) is 8.17. The molecule has 0 saturated carbocycles. The highest BCUT2D eigenvalue weighted by Crippen LogP contribution is 2.14. The van der Waals surface area contributed by atoms with E-state index in [4.69, 9.17) is 9.47 Å². The number of rotatable bonds is 4. The summed E-state index contributed by atoms with van der Waals surface area (Å²) in [6.45, 7) is 1.98. The molecule has 2 N–H and O–H groups in total. The molecule has 0 unspecified atom stereocenters. The van der Waals surface area contributed by atoms with E-state index in [9.17, 15) is 0 Å². The van der Waals surface area contributed by atoms with Gasteiger partial charge in [-0.15, -0.1) is 0 Å². The molecule has 2 aromatic carbocycles. The molecule has 0 atom stereocenters. The van der Waals surface area contributed by atoms with E-state index in [0.717, 1.165) is 28.7 Å². The molecule has 4 nitrogen and oxygen atoms in total. The van der Waals surface area contributed by atoms with Gasteiger partial charge in [0.05, 0.1) is 14.2 Å². The minimum absolute atomic E-state index is 0. The predicted octanol–water partition coefficient (Wildman–Crippen LogP) is -1.05. The number of anilines is 1. The molecule has 5 heteroatoms. The van der Waals surface area contributed by atoms with Crippen LogP contribution in [0, 0.1) is 0 Å². The van der Waals surface area contributed by atoms with E-state index in [1.54, 1.807) is 14.2 Å². The lowest BCUT2D eigenvalue weighted by Crippen LogP contribution is -3.00. The van der Waals surface area contributed by atoms with E-state index >= 15 is 0 Å². The van der Waals surface area contributed by atoms with Crippen LogP contribution in [0.2, 0.25) is 0 Å². The maximum absolute atomic E-state index is 5.13. The Bertz CT molecular complexity index is 580. The lowest BCUT2D eigenvalue weighted by Gasteiger charge is -2.02. The van der Waals surface area contributed by atoms with Crippen LogP contribution in [0.5, 0.6) is 11.5 Å². The summed E-state index contributed by atoms with van der Waals surface area (Å²) >= 11 is 0. The first-order valence-electron chi connectivity index (χ1n) is 6.37. The Balaban J connectivity index is 0.00000220. The van der Waals surface area contributed by atoms with Crippen molar-refractivity contribution in [3.05, 3.63) is 48.5 Å². The first-order chi connectivity index (χ1) is 9.71. The third kappa shape index (κ3) is 5.00. The molecule has 0 aliphatic rings. The summed E-state index contributed by atoms with van der Waals surface area (Å²) in [4.78, 5) is 3.29. The van der Waals surface area contributed by atoms with Crippen molar-refractivity contribution in [2.75, 3.05) is 19.5 Å². The van der Waals surface area contributed by atoms with Crippen LogP contribution < -0.4 is 32.2 Å². The molecular formula is C16H19ClN2O2. The summed E-state index contributed by atoms with van der Waals surface area (Å²) in [6, 6.07) is 15.6. The zero-order valence-corrected chi connectivity index (χ0v) is 13.1. The molecule has 0 bridgehead atoms. The fourth-order valence-corrected chi connectivity index (χ4v) is 1.81. The molecule has 0 fully saturated rings. The van der Waals surface area contributed by atoms with Gasteiger partial charge in [0, 0.05) is 6.92 Å². The summed E-state index contributed by atoms with van der Waals surface area (Å²) < 4.78 is 10.3. The predicted molar refractivity (Wildman–Crippen MR) is 80.9 cm³/mol. The van der Waals surface area contributed by atoms with Crippen molar-refractivity contribution >= 4 is 17.2 Å². The van der Waals surface area contributed by atoms with Gasteiger partial charge in [-0.3, -0.25) is 0 Å². The van der Waals surface area contributed by atoms with Crippen LogP contribution in [0.25, 0.3) is 0 Å². The second-order valence-corrected chi connectivity index (χ2v) is 4.33. The Hall–Kier alpha value is -2.20.